The van der Waals surface area contributed by atoms with Gasteiger partial charge in [0.25, 0.3) is 0 Å². The molecule has 0 amide bonds. The van der Waals surface area contributed by atoms with Crippen LogP contribution < -0.4 is 0 Å². The van der Waals surface area contributed by atoms with E-state index in [4.69, 9.17) is 4.11 Å². The van der Waals surface area contributed by atoms with Crippen molar-refractivity contribution in [2.75, 3.05) is 6.26 Å². The van der Waals surface area contributed by atoms with Gasteiger partial charge in [-0.25, -0.2) is 0 Å². The molecule has 4 aliphatic rings. The van der Waals surface area contributed by atoms with E-state index in [0.717, 1.165) is 11.8 Å². The van der Waals surface area contributed by atoms with Gasteiger partial charge in [-0.3, -0.25) is 0 Å². The van der Waals surface area contributed by atoms with Crippen molar-refractivity contribution in [2.24, 2.45) is 0 Å². The third kappa shape index (κ3) is 11.3. The standard InChI is InChI=1S/C15H14S.2C5H5.2Fe/c1-12(13-7-3-4-8-13)15(11-16-2)14-9-5-6-10-14;2*1-2-4-5-3-1;;/h3-11H,1H2,2H3;2*1-5H;;/q;;;2*+2/b15-11-;;;;/i1D2,11D;;;;. The predicted octanol–water partition coefficient (Wildman–Crippen LogP) is 5.64. The second-order valence-electron chi connectivity index (χ2n) is 5.33. The van der Waals surface area contributed by atoms with Crippen LogP contribution in [0, 0.1) is 127 Å². The molecule has 4 fully saturated rings. The molecule has 0 unspecified atom stereocenters. The summed E-state index contributed by atoms with van der Waals surface area (Å²) in [7, 11) is 0. The fourth-order valence-electron chi connectivity index (χ4n) is 2.22. The molecule has 4 rings (SSSR count). The maximum absolute atomic E-state index is 8.12. The van der Waals surface area contributed by atoms with E-state index < -0.39 is 0 Å². The summed E-state index contributed by atoms with van der Waals surface area (Å²) < 4.78 is 23.6. The van der Waals surface area contributed by atoms with Crippen LogP contribution in [0.15, 0.2) is 23.1 Å². The first-order valence-electron chi connectivity index (χ1n) is 9.85. The Kier molecular flexibility index (Phi) is 15.7. The summed E-state index contributed by atoms with van der Waals surface area (Å²) >= 11 is 1.32. The van der Waals surface area contributed by atoms with E-state index >= 15 is 0 Å². The minimum Gasteiger partial charge on any atom is -0.137 e. The molecule has 0 aromatic carbocycles. The molecule has 20 radical (unpaired) electrons. The van der Waals surface area contributed by atoms with Gasteiger partial charge >= 0.3 is 34.1 Å². The van der Waals surface area contributed by atoms with Crippen LogP contribution in [0.25, 0.3) is 0 Å². The summed E-state index contributed by atoms with van der Waals surface area (Å²) in [6, 6.07) is 0. The van der Waals surface area contributed by atoms with Crippen molar-refractivity contribution in [3.05, 3.63) is 150 Å². The summed E-state index contributed by atoms with van der Waals surface area (Å²) in [6.45, 7) is -0.263. The van der Waals surface area contributed by atoms with E-state index in [-0.39, 0.29) is 40.7 Å². The average Bonchev–Trinajstić information content (AvgIpc) is 3.56. The van der Waals surface area contributed by atoms with Gasteiger partial charge < -0.3 is 0 Å². The van der Waals surface area contributed by atoms with Crippen LogP contribution in [-0.2, 0) is 34.1 Å². The molecule has 0 saturated heterocycles. The van der Waals surface area contributed by atoms with Crippen molar-refractivity contribution >= 4 is 11.8 Å². The largest absolute Gasteiger partial charge is 2.00 e. The molecular formula is C25H24Fe2S+4. The molecule has 0 atom stereocenters. The average molecular weight is 471 g/mol. The molecule has 0 aromatic heterocycles. The zero-order chi connectivity index (χ0) is 20.9. The molecule has 0 nitrogen and oxygen atoms in total. The number of rotatable bonds is 4. The zero-order valence-corrected chi connectivity index (χ0v) is 18.5. The van der Waals surface area contributed by atoms with E-state index in [1.807, 2.05) is 122 Å². The quantitative estimate of drug-likeness (QED) is 0.378. The topological polar surface area (TPSA) is 0 Å². The van der Waals surface area contributed by atoms with Crippen molar-refractivity contribution < 1.29 is 38.2 Å². The van der Waals surface area contributed by atoms with Crippen LogP contribution in [0.1, 0.15) is 4.11 Å². The Bertz CT molecular complexity index is 488. The molecule has 0 bridgehead atoms. The molecule has 0 aliphatic heterocycles. The molecule has 0 N–H and O–H groups in total. The number of hydrogen-bond donors (Lipinski definition) is 0. The summed E-state index contributed by atoms with van der Waals surface area (Å²) in [4.78, 5) is 0. The van der Waals surface area contributed by atoms with Gasteiger partial charge in [0.1, 0.15) is 0 Å². The Hall–Kier alpha value is 0.869. The maximum atomic E-state index is 8.12. The molecule has 142 valence electrons. The van der Waals surface area contributed by atoms with Crippen molar-refractivity contribution in [1.82, 2.24) is 0 Å². The Labute approximate surface area is 206 Å². The minimum atomic E-state index is -0.263. The van der Waals surface area contributed by atoms with Crippen LogP contribution >= 0.6 is 11.8 Å². The van der Waals surface area contributed by atoms with E-state index in [2.05, 4.69) is 0 Å². The molecule has 0 spiro atoms. The predicted molar refractivity (Wildman–Crippen MR) is 115 cm³/mol. The van der Waals surface area contributed by atoms with Crippen LogP contribution in [0.3, 0.4) is 0 Å². The molecule has 28 heavy (non-hydrogen) atoms. The minimum absolute atomic E-state index is 0. The normalized spacial score (nSPS) is 24.1. The fourth-order valence-corrected chi connectivity index (χ4v) is 2.65. The van der Waals surface area contributed by atoms with E-state index in [1.165, 1.54) is 11.8 Å². The third-order valence-corrected chi connectivity index (χ3v) is 3.88. The first kappa shape index (κ1) is 23.5. The van der Waals surface area contributed by atoms with Crippen molar-refractivity contribution in [3.63, 3.8) is 0 Å². The molecule has 0 aromatic rings. The van der Waals surface area contributed by atoms with Crippen molar-refractivity contribution in [3.8, 4) is 0 Å². The Morgan fingerprint density at radius 3 is 1.39 bits per heavy atom. The second kappa shape index (κ2) is 18.6. The molecule has 4 aliphatic carbocycles. The van der Waals surface area contributed by atoms with Crippen LogP contribution in [0.2, 0.25) is 0 Å². The third-order valence-electron chi connectivity index (χ3n) is 3.47. The van der Waals surface area contributed by atoms with Gasteiger partial charge in [0.2, 0.25) is 0 Å². The molecule has 3 heteroatoms. The van der Waals surface area contributed by atoms with Gasteiger partial charge in [0.15, 0.2) is 0 Å². The van der Waals surface area contributed by atoms with E-state index in [0.29, 0.717) is 16.5 Å². The number of allylic oxidation sites excluding steroid dienone is 2. The Balaban J connectivity index is 0.000000615. The van der Waals surface area contributed by atoms with Gasteiger partial charge in [0, 0.05) is 11.8 Å². The fraction of sp³-hybridized carbons (Fsp3) is 0.0400. The van der Waals surface area contributed by atoms with Gasteiger partial charge in [-0.05, 0) is 138 Å². The van der Waals surface area contributed by atoms with Gasteiger partial charge in [-0.2, -0.15) is 0 Å². The van der Waals surface area contributed by atoms with Crippen LogP contribution in [0.4, 0.5) is 0 Å². The number of thioether (sulfide) groups is 1. The summed E-state index contributed by atoms with van der Waals surface area (Å²) in [5.74, 6) is 1.70. The number of hydrogen-bond acceptors (Lipinski definition) is 1. The monoisotopic (exact) mass is 471 g/mol. The van der Waals surface area contributed by atoms with Crippen molar-refractivity contribution in [2.45, 2.75) is 0 Å². The molecular weight excluding hydrogens is 444 g/mol. The summed E-state index contributed by atoms with van der Waals surface area (Å²) in [5.41, 5.74) is 1.17. The molecule has 4 saturated carbocycles. The van der Waals surface area contributed by atoms with E-state index in [1.54, 1.807) is 0 Å². The molecule has 0 heterocycles. The zero-order valence-electron chi connectivity index (χ0n) is 18.5. The van der Waals surface area contributed by atoms with Crippen LogP contribution in [-0.4, -0.2) is 6.26 Å². The van der Waals surface area contributed by atoms with Gasteiger partial charge in [-0.15, -0.1) is 11.8 Å². The summed E-state index contributed by atoms with van der Waals surface area (Å²) in [6.07, 6.45) is 37.0. The van der Waals surface area contributed by atoms with Gasteiger partial charge in [-0.1, -0.05) is 6.53 Å². The van der Waals surface area contributed by atoms with Gasteiger partial charge in [0.05, 0.1) is 4.11 Å². The first-order valence-corrected chi connectivity index (χ1v) is 9.58. The smallest absolute Gasteiger partial charge is 0.137 e. The van der Waals surface area contributed by atoms with Crippen molar-refractivity contribution in [1.29, 1.82) is 0 Å². The SMILES string of the molecule is [2H]C([2H])=C([C]1[CH][CH][CH][CH]1)/C([C]1[CH][CH][CH][CH]1)=C(\[2H])SC.[CH]1[CH][CH][CH][CH]1.[CH]1[CH][CH][CH][CH]1.[Fe+2].[Fe+2]. The Morgan fingerprint density at radius 2 is 1.07 bits per heavy atom. The van der Waals surface area contributed by atoms with Crippen LogP contribution in [0.5, 0.6) is 0 Å². The summed E-state index contributed by atoms with van der Waals surface area (Å²) in [5, 5.41) is 0.374. The van der Waals surface area contributed by atoms with E-state index in [9.17, 15) is 0 Å². The Morgan fingerprint density at radius 1 is 0.714 bits per heavy atom. The maximum Gasteiger partial charge on any atom is 2.00 e. The first-order chi connectivity index (χ1) is 14.1. The second-order valence-corrected chi connectivity index (χ2v) is 5.94.